The summed E-state index contributed by atoms with van der Waals surface area (Å²) < 4.78 is 24.8. The highest BCUT2D eigenvalue weighted by Crippen LogP contribution is 2.42. The summed E-state index contributed by atoms with van der Waals surface area (Å²) in [7, 11) is -4.63. The van der Waals surface area contributed by atoms with Crippen molar-refractivity contribution in [3.05, 3.63) is 34.4 Å². The molecule has 0 saturated heterocycles. The minimum Gasteiger partial charge on any atom is -0.298 e. The van der Waals surface area contributed by atoms with Crippen molar-refractivity contribution in [1.82, 2.24) is 4.31 Å². The SMILES string of the molecule is CC(=O)C1N(S(=O)(=O)c2ccccc2[N+](=O)[O-])C(C(Cl)(Cl)Cl)=NC1(C)C. The number of ketones is 1. The van der Waals surface area contributed by atoms with Gasteiger partial charge in [-0.25, -0.2) is 12.7 Å². The minimum atomic E-state index is -4.63. The van der Waals surface area contributed by atoms with E-state index in [0.717, 1.165) is 12.1 Å². The van der Waals surface area contributed by atoms with E-state index in [2.05, 4.69) is 4.99 Å². The fraction of sp³-hybridized carbons (Fsp3) is 0.429. The van der Waals surface area contributed by atoms with E-state index in [1.807, 2.05) is 0 Å². The smallest absolute Gasteiger partial charge is 0.289 e. The Labute approximate surface area is 164 Å². The number of nitrogens with zero attached hydrogens (tertiary/aromatic N) is 3. The number of alkyl halides is 3. The molecule has 0 spiro atoms. The number of rotatable bonds is 4. The van der Waals surface area contributed by atoms with Crippen molar-refractivity contribution in [1.29, 1.82) is 0 Å². The van der Waals surface area contributed by atoms with Crippen molar-refractivity contribution in [3.63, 3.8) is 0 Å². The highest BCUT2D eigenvalue weighted by atomic mass is 35.6. The number of amidine groups is 1. The second-order valence-corrected chi connectivity index (χ2v) is 10.2. The Hall–Kier alpha value is -1.42. The highest BCUT2D eigenvalue weighted by molar-refractivity contribution is 7.90. The third-order valence-electron chi connectivity index (χ3n) is 3.74. The van der Waals surface area contributed by atoms with Crippen LogP contribution in [-0.4, -0.2) is 44.6 Å². The average Bonchev–Trinajstić information content (AvgIpc) is 2.79. The summed E-state index contributed by atoms with van der Waals surface area (Å²) in [5.41, 5.74) is -1.90. The van der Waals surface area contributed by atoms with Gasteiger partial charge in [-0.2, -0.15) is 0 Å². The Balaban J connectivity index is 2.79. The molecule has 0 aliphatic carbocycles. The van der Waals surface area contributed by atoms with Crippen molar-refractivity contribution >= 4 is 62.1 Å². The maximum atomic E-state index is 13.2. The molecule has 0 bridgehead atoms. The fourth-order valence-electron chi connectivity index (χ4n) is 2.83. The highest BCUT2D eigenvalue weighted by Gasteiger charge is 2.56. The first-order valence-corrected chi connectivity index (χ1v) is 9.74. The van der Waals surface area contributed by atoms with Crippen LogP contribution >= 0.6 is 34.8 Å². The molecule has 1 heterocycles. The van der Waals surface area contributed by atoms with E-state index in [9.17, 15) is 23.3 Å². The molecule has 1 aromatic rings. The standard InChI is InChI=1S/C14H14Cl3N3O5S/c1-8(21)11-13(2,3)18-12(14(15,16)17)19(11)26(24,25)10-7-5-4-6-9(10)20(22)23/h4-7,11H,1-3H3. The number of sulfonamides is 1. The molecule has 1 aliphatic heterocycles. The quantitative estimate of drug-likeness (QED) is 0.404. The van der Waals surface area contributed by atoms with Gasteiger partial charge in [0.25, 0.3) is 15.7 Å². The van der Waals surface area contributed by atoms with E-state index < -0.39 is 52.5 Å². The van der Waals surface area contributed by atoms with Gasteiger partial charge in [-0.3, -0.25) is 19.9 Å². The first kappa shape index (κ1) is 20.9. The molecule has 8 nitrogen and oxygen atoms in total. The molecule has 1 aliphatic rings. The number of para-hydroxylation sites is 1. The number of Topliss-reactive ketones (excluding diaryl/α,β-unsaturated/α-hetero) is 1. The van der Waals surface area contributed by atoms with Gasteiger partial charge in [-0.15, -0.1) is 0 Å². The molecular formula is C14H14Cl3N3O5S. The van der Waals surface area contributed by atoms with Crippen LogP contribution in [0.4, 0.5) is 5.69 Å². The lowest BCUT2D eigenvalue weighted by Gasteiger charge is -2.31. The molecule has 142 valence electrons. The summed E-state index contributed by atoms with van der Waals surface area (Å²) in [5, 5.41) is 11.3. The number of aliphatic imine (C=N–C) groups is 1. The maximum Gasteiger partial charge on any atom is 0.289 e. The molecule has 12 heteroatoms. The van der Waals surface area contributed by atoms with E-state index in [0.29, 0.717) is 4.31 Å². The van der Waals surface area contributed by atoms with Crippen molar-refractivity contribution in [2.45, 2.75) is 41.0 Å². The number of nitro benzene ring substituents is 1. The zero-order valence-corrected chi connectivity index (χ0v) is 16.9. The number of carbonyl (C=O) groups excluding carboxylic acids is 1. The van der Waals surface area contributed by atoms with Gasteiger partial charge in [0, 0.05) is 6.07 Å². The van der Waals surface area contributed by atoms with Gasteiger partial charge < -0.3 is 0 Å². The lowest BCUT2D eigenvalue weighted by molar-refractivity contribution is -0.387. The predicted molar refractivity (Wildman–Crippen MR) is 98.4 cm³/mol. The van der Waals surface area contributed by atoms with Crippen molar-refractivity contribution < 1.29 is 18.1 Å². The summed E-state index contributed by atoms with van der Waals surface area (Å²) in [6.45, 7) is 4.18. The molecule has 2 rings (SSSR count). The topological polar surface area (TPSA) is 110 Å². The van der Waals surface area contributed by atoms with Crippen LogP contribution < -0.4 is 0 Å². The zero-order chi connectivity index (χ0) is 20.1. The number of hydrogen-bond donors (Lipinski definition) is 0. The van der Waals surface area contributed by atoms with Crippen LogP contribution in [0.15, 0.2) is 34.2 Å². The normalized spacial score (nSPS) is 20.0. The predicted octanol–water partition coefficient (Wildman–Crippen LogP) is 3.10. The second kappa shape index (κ2) is 6.63. The van der Waals surface area contributed by atoms with E-state index in [1.165, 1.54) is 32.9 Å². The number of nitro groups is 1. The Morgan fingerprint density at radius 1 is 1.31 bits per heavy atom. The molecule has 26 heavy (non-hydrogen) atoms. The summed E-state index contributed by atoms with van der Waals surface area (Å²) in [4.78, 5) is 26.1. The van der Waals surface area contributed by atoms with Gasteiger partial charge in [0.05, 0.1) is 10.5 Å². The molecule has 0 N–H and O–H groups in total. The Morgan fingerprint density at radius 2 is 1.85 bits per heavy atom. The van der Waals surface area contributed by atoms with Gasteiger partial charge in [-0.05, 0) is 26.8 Å². The Bertz CT molecular complexity index is 909. The maximum absolute atomic E-state index is 13.2. The summed E-state index contributed by atoms with van der Waals surface area (Å²) in [5.74, 6) is -1.05. The van der Waals surface area contributed by atoms with Gasteiger partial charge in [0.1, 0.15) is 6.04 Å². The van der Waals surface area contributed by atoms with Crippen molar-refractivity contribution in [2.75, 3.05) is 0 Å². The third kappa shape index (κ3) is 3.53. The van der Waals surface area contributed by atoms with E-state index in [-0.39, 0.29) is 0 Å². The number of hydrogen-bond acceptors (Lipinski definition) is 6. The van der Waals surface area contributed by atoms with Crippen LogP contribution in [0.25, 0.3) is 0 Å². The van der Waals surface area contributed by atoms with Gasteiger partial charge >= 0.3 is 0 Å². The fourth-order valence-corrected chi connectivity index (χ4v) is 5.34. The first-order chi connectivity index (χ1) is 11.7. The molecule has 0 saturated carbocycles. The summed E-state index contributed by atoms with van der Waals surface area (Å²) in [6.07, 6.45) is 0. The van der Waals surface area contributed by atoms with Crippen LogP contribution in [0.5, 0.6) is 0 Å². The zero-order valence-electron chi connectivity index (χ0n) is 13.8. The van der Waals surface area contributed by atoms with Gasteiger partial charge in [-0.1, -0.05) is 46.9 Å². The van der Waals surface area contributed by atoms with Crippen molar-refractivity contribution in [3.8, 4) is 0 Å². The Kier molecular flexibility index (Phi) is 5.33. The van der Waals surface area contributed by atoms with Gasteiger partial charge in [0.15, 0.2) is 16.5 Å². The molecule has 0 aromatic heterocycles. The number of benzene rings is 1. The average molecular weight is 443 g/mol. The molecule has 0 radical (unpaired) electrons. The largest absolute Gasteiger partial charge is 0.298 e. The summed E-state index contributed by atoms with van der Waals surface area (Å²) >= 11 is 17.6. The van der Waals surface area contributed by atoms with E-state index in [1.54, 1.807) is 0 Å². The van der Waals surface area contributed by atoms with Crippen LogP contribution in [0.1, 0.15) is 20.8 Å². The third-order valence-corrected chi connectivity index (χ3v) is 6.05. The molecule has 1 unspecified atom stereocenters. The number of carbonyl (C=O) groups is 1. The molecule has 1 aromatic carbocycles. The monoisotopic (exact) mass is 441 g/mol. The summed E-state index contributed by atoms with van der Waals surface area (Å²) in [6, 6.07) is 3.39. The molecule has 0 amide bonds. The lowest BCUT2D eigenvalue weighted by atomic mass is 9.94. The molecule has 1 atom stereocenters. The number of halogens is 3. The first-order valence-electron chi connectivity index (χ1n) is 7.16. The van der Waals surface area contributed by atoms with Gasteiger partial charge in [0.2, 0.25) is 3.79 Å². The van der Waals surface area contributed by atoms with Crippen LogP contribution in [0, 0.1) is 10.1 Å². The minimum absolute atomic E-state index is 0.495. The van der Waals surface area contributed by atoms with E-state index >= 15 is 0 Å². The lowest BCUT2D eigenvalue weighted by Crippen LogP contribution is -2.53. The van der Waals surface area contributed by atoms with Crippen LogP contribution in [0.2, 0.25) is 0 Å². The molecular weight excluding hydrogens is 429 g/mol. The van der Waals surface area contributed by atoms with Crippen LogP contribution in [-0.2, 0) is 14.8 Å². The van der Waals surface area contributed by atoms with Crippen molar-refractivity contribution in [2.24, 2.45) is 4.99 Å². The second-order valence-electron chi connectivity index (χ2n) is 6.13. The molecule has 0 fully saturated rings. The van der Waals surface area contributed by atoms with E-state index in [4.69, 9.17) is 34.8 Å². The van der Waals surface area contributed by atoms with Crippen LogP contribution in [0.3, 0.4) is 0 Å². The Morgan fingerprint density at radius 3 is 2.31 bits per heavy atom.